The number of benzene rings is 3. The summed E-state index contributed by atoms with van der Waals surface area (Å²) in [5.41, 5.74) is -0.352. The molecule has 1 aliphatic rings. The van der Waals surface area contributed by atoms with Crippen LogP contribution in [0, 0.1) is 0 Å². The van der Waals surface area contributed by atoms with Crippen LogP contribution in [0.3, 0.4) is 0 Å². The zero-order valence-corrected chi connectivity index (χ0v) is 20.6. The SMILES string of the molecule is CC[C@]1(COC(=O)c2ccccc2)O[C@H](OC)[C@H](OC(=O)c2ccccc2)[C@@H]1OC(=O)c1ccccc1. The molecule has 8 heteroatoms. The van der Waals surface area contributed by atoms with Gasteiger partial charge in [0.2, 0.25) is 0 Å². The lowest BCUT2D eigenvalue weighted by Gasteiger charge is -2.33. The van der Waals surface area contributed by atoms with Gasteiger partial charge in [-0.3, -0.25) is 0 Å². The summed E-state index contributed by atoms with van der Waals surface area (Å²) in [5.74, 6) is -1.84. The topological polar surface area (TPSA) is 97.4 Å². The van der Waals surface area contributed by atoms with Gasteiger partial charge in [-0.15, -0.1) is 0 Å². The molecule has 0 amide bonds. The summed E-state index contributed by atoms with van der Waals surface area (Å²) >= 11 is 0. The number of carbonyl (C=O) groups excluding carboxylic acids is 3. The number of carbonyl (C=O) groups is 3. The van der Waals surface area contributed by atoms with E-state index in [4.69, 9.17) is 23.7 Å². The molecule has 0 radical (unpaired) electrons. The summed E-state index contributed by atoms with van der Waals surface area (Å²) in [6.45, 7) is 1.54. The van der Waals surface area contributed by atoms with E-state index in [1.165, 1.54) is 7.11 Å². The van der Waals surface area contributed by atoms with Gasteiger partial charge in [0.25, 0.3) is 0 Å². The number of hydrogen-bond acceptors (Lipinski definition) is 8. The Hall–Kier alpha value is -4.01. The first-order valence-corrected chi connectivity index (χ1v) is 11.9. The number of methoxy groups -OCH3 is 1. The molecule has 1 saturated heterocycles. The van der Waals surface area contributed by atoms with E-state index in [9.17, 15) is 14.4 Å². The maximum atomic E-state index is 13.1. The minimum absolute atomic E-state index is 0.261. The predicted octanol–water partition coefficient (Wildman–Crippen LogP) is 4.45. The Bertz CT molecular complexity index is 1200. The second kappa shape index (κ2) is 11.8. The van der Waals surface area contributed by atoms with Gasteiger partial charge < -0.3 is 23.7 Å². The monoisotopic (exact) mass is 504 g/mol. The van der Waals surface area contributed by atoms with Crippen LogP contribution >= 0.6 is 0 Å². The van der Waals surface area contributed by atoms with Crippen LogP contribution in [0.2, 0.25) is 0 Å². The van der Waals surface area contributed by atoms with Crippen LogP contribution < -0.4 is 0 Å². The summed E-state index contributed by atoms with van der Waals surface area (Å²) in [7, 11) is 1.39. The molecule has 3 aromatic rings. The molecule has 0 N–H and O–H groups in total. The van der Waals surface area contributed by atoms with Crippen LogP contribution in [-0.4, -0.2) is 55.7 Å². The third kappa shape index (κ3) is 5.87. The molecule has 192 valence electrons. The Balaban J connectivity index is 1.63. The lowest BCUT2D eigenvalue weighted by molar-refractivity contribution is -0.189. The molecule has 1 heterocycles. The van der Waals surface area contributed by atoms with Gasteiger partial charge in [0.15, 0.2) is 18.5 Å². The van der Waals surface area contributed by atoms with E-state index >= 15 is 0 Å². The summed E-state index contributed by atoms with van der Waals surface area (Å²) < 4.78 is 29.0. The molecular formula is C29H28O8. The van der Waals surface area contributed by atoms with Gasteiger partial charge in [-0.2, -0.15) is 0 Å². The van der Waals surface area contributed by atoms with E-state index in [0.717, 1.165) is 0 Å². The summed E-state index contributed by atoms with van der Waals surface area (Å²) in [4.78, 5) is 38.8. The van der Waals surface area contributed by atoms with E-state index < -0.39 is 42.0 Å². The fourth-order valence-electron chi connectivity index (χ4n) is 4.15. The summed E-state index contributed by atoms with van der Waals surface area (Å²) in [6.07, 6.45) is -3.06. The third-order valence-electron chi connectivity index (χ3n) is 6.22. The van der Waals surface area contributed by atoms with Gasteiger partial charge in [0.05, 0.1) is 16.7 Å². The highest BCUT2D eigenvalue weighted by atomic mass is 16.7. The number of hydrogen-bond donors (Lipinski definition) is 0. The van der Waals surface area contributed by atoms with E-state index in [1.807, 2.05) is 0 Å². The standard InChI is InChI=1S/C29H28O8/c1-3-29(19-34-25(30)20-13-7-4-8-14-20)24(36-27(32)22-17-11-6-12-18-22)23(28(33-2)37-29)35-26(31)21-15-9-5-10-16-21/h4-18,23-24,28H,3,19H2,1-2H3/t23-,24+,28+,29-/m1/s1. The van der Waals surface area contributed by atoms with E-state index in [2.05, 4.69) is 0 Å². The number of esters is 3. The maximum absolute atomic E-state index is 13.1. The third-order valence-corrected chi connectivity index (χ3v) is 6.22. The largest absolute Gasteiger partial charge is 0.459 e. The summed E-state index contributed by atoms with van der Waals surface area (Å²) in [6, 6.07) is 25.3. The van der Waals surface area contributed by atoms with Gasteiger partial charge in [-0.1, -0.05) is 61.5 Å². The van der Waals surface area contributed by atoms with E-state index in [0.29, 0.717) is 16.7 Å². The van der Waals surface area contributed by atoms with Crippen molar-refractivity contribution in [2.45, 2.75) is 37.4 Å². The van der Waals surface area contributed by atoms with Crippen molar-refractivity contribution >= 4 is 17.9 Å². The molecule has 8 nitrogen and oxygen atoms in total. The second-order valence-electron chi connectivity index (χ2n) is 8.51. The van der Waals surface area contributed by atoms with Crippen molar-refractivity contribution in [1.82, 2.24) is 0 Å². The zero-order chi connectivity index (χ0) is 26.3. The predicted molar refractivity (Wildman–Crippen MR) is 133 cm³/mol. The minimum Gasteiger partial charge on any atom is -0.459 e. The Morgan fingerprint density at radius 2 is 1.19 bits per heavy atom. The maximum Gasteiger partial charge on any atom is 0.338 e. The van der Waals surface area contributed by atoms with Crippen LogP contribution in [0.25, 0.3) is 0 Å². The first kappa shape index (κ1) is 26.1. The van der Waals surface area contributed by atoms with Crippen LogP contribution in [0.4, 0.5) is 0 Å². The molecule has 0 saturated carbocycles. The molecular weight excluding hydrogens is 476 g/mol. The zero-order valence-electron chi connectivity index (χ0n) is 20.6. The van der Waals surface area contributed by atoms with Crippen molar-refractivity contribution in [2.24, 2.45) is 0 Å². The Morgan fingerprint density at radius 1 is 0.730 bits per heavy atom. The highest BCUT2D eigenvalue weighted by Crippen LogP contribution is 2.39. The van der Waals surface area contributed by atoms with Crippen LogP contribution in [0.15, 0.2) is 91.0 Å². The van der Waals surface area contributed by atoms with Gasteiger partial charge in [-0.05, 0) is 42.8 Å². The average molecular weight is 505 g/mol. The Morgan fingerprint density at radius 3 is 1.65 bits per heavy atom. The van der Waals surface area contributed by atoms with Crippen LogP contribution in [0.5, 0.6) is 0 Å². The highest BCUT2D eigenvalue weighted by Gasteiger charge is 2.59. The first-order chi connectivity index (χ1) is 18.0. The Kier molecular flexibility index (Phi) is 8.32. The lowest BCUT2D eigenvalue weighted by atomic mass is 9.92. The second-order valence-corrected chi connectivity index (χ2v) is 8.51. The summed E-state index contributed by atoms with van der Waals surface area (Å²) in [5, 5.41) is 0. The number of rotatable bonds is 9. The molecule has 0 spiro atoms. The fraction of sp³-hybridized carbons (Fsp3) is 0.276. The smallest absolute Gasteiger partial charge is 0.338 e. The van der Waals surface area contributed by atoms with Crippen molar-refractivity contribution < 1.29 is 38.1 Å². The lowest BCUT2D eigenvalue weighted by Crippen LogP contribution is -2.50. The van der Waals surface area contributed by atoms with Gasteiger partial charge in [0.1, 0.15) is 12.2 Å². The van der Waals surface area contributed by atoms with Crippen LogP contribution in [-0.2, 0) is 23.7 Å². The molecule has 0 aromatic heterocycles. The van der Waals surface area contributed by atoms with Gasteiger partial charge in [-0.25, -0.2) is 14.4 Å². The van der Waals surface area contributed by atoms with Crippen molar-refractivity contribution in [2.75, 3.05) is 13.7 Å². The first-order valence-electron chi connectivity index (χ1n) is 11.9. The minimum atomic E-state index is -1.34. The van der Waals surface area contributed by atoms with Crippen molar-refractivity contribution in [3.63, 3.8) is 0 Å². The van der Waals surface area contributed by atoms with E-state index in [1.54, 1.807) is 97.9 Å². The molecule has 3 aromatic carbocycles. The quantitative estimate of drug-likeness (QED) is 0.312. The van der Waals surface area contributed by atoms with E-state index in [-0.39, 0.29) is 13.0 Å². The van der Waals surface area contributed by atoms with Crippen LogP contribution in [0.1, 0.15) is 44.4 Å². The molecule has 4 rings (SSSR count). The van der Waals surface area contributed by atoms with Crippen molar-refractivity contribution in [3.05, 3.63) is 108 Å². The average Bonchev–Trinajstić information content (AvgIpc) is 3.25. The van der Waals surface area contributed by atoms with Gasteiger partial charge >= 0.3 is 17.9 Å². The normalized spacial score (nSPS) is 22.7. The molecule has 4 atom stereocenters. The van der Waals surface area contributed by atoms with Crippen molar-refractivity contribution in [3.8, 4) is 0 Å². The fourth-order valence-corrected chi connectivity index (χ4v) is 4.15. The number of ether oxygens (including phenoxy) is 5. The molecule has 1 fully saturated rings. The molecule has 0 aliphatic carbocycles. The Labute approximate surface area is 215 Å². The van der Waals surface area contributed by atoms with Gasteiger partial charge in [0, 0.05) is 7.11 Å². The molecule has 0 unspecified atom stereocenters. The highest BCUT2D eigenvalue weighted by molar-refractivity contribution is 5.91. The van der Waals surface area contributed by atoms with Crippen molar-refractivity contribution in [1.29, 1.82) is 0 Å². The molecule has 37 heavy (non-hydrogen) atoms. The molecule has 0 bridgehead atoms. The molecule has 1 aliphatic heterocycles.